The van der Waals surface area contributed by atoms with Crippen molar-refractivity contribution in [2.24, 2.45) is 17.1 Å². The molecule has 3 nitrogen and oxygen atoms in total. The number of amides is 1. The van der Waals surface area contributed by atoms with Gasteiger partial charge in [-0.1, -0.05) is 25.7 Å². The average molecular weight is 290 g/mol. The summed E-state index contributed by atoms with van der Waals surface area (Å²) in [7, 11) is 0. The second-order valence-corrected chi connectivity index (χ2v) is 6.88. The Hall–Kier alpha value is -1.31. The maximum Gasteiger partial charge on any atom is 0.261 e. The molecular formula is C16H22N2OS. The molecule has 0 atom stereocenters. The van der Waals surface area contributed by atoms with E-state index >= 15 is 0 Å². The second-order valence-electron chi connectivity index (χ2n) is 5.83. The van der Waals surface area contributed by atoms with E-state index < -0.39 is 0 Å². The zero-order chi connectivity index (χ0) is 14.8. The normalized spacial score (nSPS) is 15.7. The molecule has 3 N–H and O–H groups in total. The van der Waals surface area contributed by atoms with Gasteiger partial charge in [0.15, 0.2) is 0 Å². The maximum absolute atomic E-state index is 12.2. The van der Waals surface area contributed by atoms with Crippen LogP contribution in [0, 0.1) is 30.1 Å². The number of carbonyl (C=O) groups excluding carboxylic acids is 1. The number of aryl methyl sites for hydroxylation is 1. The highest BCUT2D eigenvalue weighted by molar-refractivity contribution is 7.14. The summed E-state index contributed by atoms with van der Waals surface area (Å²) in [5, 5.41) is 3.08. The Balaban J connectivity index is 1.99. The van der Waals surface area contributed by atoms with Gasteiger partial charge in [-0.25, -0.2) is 0 Å². The summed E-state index contributed by atoms with van der Waals surface area (Å²) in [5.41, 5.74) is 6.76. The Morgan fingerprint density at radius 1 is 1.55 bits per heavy atom. The molecule has 4 heteroatoms. The zero-order valence-electron chi connectivity index (χ0n) is 12.4. The molecule has 1 aromatic rings. The van der Waals surface area contributed by atoms with E-state index in [1.54, 1.807) is 0 Å². The first kappa shape index (κ1) is 15.1. The third-order valence-corrected chi connectivity index (χ3v) is 5.31. The molecule has 0 unspecified atom stereocenters. The molecule has 0 aromatic carbocycles. The molecule has 2 rings (SSSR count). The lowest BCUT2D eigenvalue weighted by Gasteiger charge is -2.19. The maximum atomic E-state index is 12.2. The van der Waals surface area contributed by atoms with Gasteiger partial charge in [-0.3, -0.25) is 4.79 Å². The van der Waals surface area contributed by atoms with Gasteiger partial charge >= 0.3 is 0 Å². The summed E-state index contributed by atoms with van der Waals surface area (Å²) >= 11 is 1.45. The molecule has 1 heterocycles. The number of carbonyl (C=O) groups is 1. The van der Waals surface area contributed by atoms with Crippen LogP contribution in [0.4, 0.5) is 0 Å². The fourth-order valence-electron chi connectivity index (χ4n) is 2.31. The largest absolute Gasteiger partial charge is 0.351 e. The van der Waals surface area contributed by atoms with Crippen LogP contribution in [-0.2, 0) is 0 Å². The Morgan fingerprint density at radius 3 is 2.80 bits per heavy atom. The van der Waals surface area contributed by atoms with Gasteiger partial charge in [0.05, 0.1) is 16.3 Å². The predicted molar refractivity (Wildman–Crippen MR) is 83.8 cm³/mol. The highest BCUT2D eigenvalue weighted by Gasteiger charge is 2.45. The molecule has 0 radical (unpaired) electrons. The molecule has 0 spiro atoms. The lowest BCUT2D eigenvalue weighted by molar-refractivity contribution is 0.0944. The number of thiophene rings is 1. The van der Waals surface area contributed by atoms with E-state index in [2.05, 4.69) is 31.0 Å². The Bertz CT molecular complexity index is 559. The summed E-state index contributed by atoms with van der Waals surface area (Å²) < 4.78 is 0. The van der Waals surface area contributed by atoms with E-state index in [1.165, 1.54) is 24.2 Å². The van der Waals surface area contributed by atoms with Crippen molar-refractivity contribution in [1.82, 2.24) is 5.32 Å². The molecule has 1 aliphatic rings. The van der Waals surface area contributed by atoms with E-state index in [4.69, 9.17) is 5.73 Å². The molecule has 20 heavy (non-hydrogen) atoms. The van der Waals surface area contributed by atoms with E-state index in [0.717, 1.165) is 21.9 Å². The summed E-state index contributed by atoms with van der Waals surface area (Å²) in [4.78, 5) is 13.9. The van der Waals surface area contributed by atoms with Gasteiger partial charge in [-0.05, 0) is 42.7 Å². The molecule has 1 fully saturated rings. The van der Waals surface area contributed by atoms with E-state index in [0.29, 0.717) is 17.9 Å². The minimum absolute atomic E-state index is 0.0193. The third kappa shape index (κ3) is 3.23. The van der Waals surface area contributed by atoms with Gasteiger partial charge in [0, 0.05) is 6.54 Å². The minimum Gasteiger partial charge on any atom is -0.351 e. The predicted octanol–water partition coefficient (Wildman–Crippen LogP) is 2.53. The molecule has 0 aliphatic heterocycles. The van der Waals surface area contributed by atoms with Crippen LogP contribution >= 0.6 is 11.3 Å². The summed E-state index contributed by atoms with van der Waals surface area (Å²) in [6, 6.07) is 1.91. The van der Waals surface area contributed by atoms with Crippen molar-refractivity contribution in [3.05, 3.63) is 21.4 Å². The van der Waals surface area contributed by atoms with Gasteiger partial charge < -0.3 is 11.1 Å². The standard InChI is InChI=1S/C16H22N2OS/c1-11(2)16(6-7-16)10-18-15(19)14-9-12(3)13(20-14)5-4-8-17/h9,11H,6-8,10,17H2,1-3H3,(H,18,19). The summed E-state index contributed by atoms with van der Waals surface area (Å²) in [6.07, 6.45) is 2.45. The highest BCUT2D eigenvalue weighted by atomic mass is 32.1. The fourth-order valence-corrected chi connectivity index (χ4v) is 3.28. The quantitative estimate of drug-likeness (QED) is 0.837. The molecule has 1 aromatic heterocycles. The first-order chi connectivity index (χ1) is 9.48. The highest BCUT2D eigenvalue weighted by Crippen LogP contribution is 2.51. The van der Waals surface area contributed by atoms with Gasteiger partial charge in [-0.2, -0.15) is 0 Å². The van der Waals surface area contributed by atoms with Crippen LogP contribution in [0.2, 0.25) is 0 Å². The van der Waals surface area contributed by atoms with E-state index in [9.17, 15) is 4.79 Å². The number of nitrogens with one attached hydrogen (secondary N) is 1. The van der Waals surface area contributed by atoms with Crippen LogP contribution < -0.4 is 11.1 Å². The van der Waals surface area contributed by atoms with Crippen LogP contribution in [0.25, 0.3) is 0 Å². The van der Waals surface area contributed by atoms with Gasteiger partial charge in [-0.15, -0.1) is 11.3 Å². The Kier molecular flexibility index (Phi) is 4.52. The molecule has 1 aliphatic carbocycles. The van der Waals surface area contributed by atoms with Gasteiger partial charge in [0.25, 0.3) is 5.91 Å². The monoisotopic (exact) mass is 290 g/mol. The SMILES string of the molecule is Cc1cc(C(=O)NCC2(C(C)C)CC2)sc1C#CCN. The van der Waals surface area contributed by atoms with Crippen molar-refractivity contribution < 1.29 is 4.79 Å². The van der Waals surface area contributed by atoms with Crippen molar-refractivity contribution in [3.63, 3.8) is 0 Å². The van der Waals surface area contributed by atoms with Gasteiger partial charge in [0.1, 0.15) is 0 Å². The Labute approximate surface area is 124 Å². The Morgan fingerprint density at radius 2 is 2.25 bits per heavy atom. The summed E-state index contributed by atoms with van der Waals surface area (Å²) in [6.45, 7) is 7.56. The van der Waals surface area contributed by atoms with Crippen LogP contribution in [0.1, 0.15) is 46.8 Å². The number of hydrogen-bond acceptors (Lipinski definition) is 3. The topological polar surface area (TPSA) is 55.1 Å². The van der Waals surface area contributed by atoms with Crippen molar-refractivity contribution in [3.8, 4) is 11.8 Å². The van der Waals surface area contributed by atoms with Crippen LogP contribution in [-0.4, -0.2) is 19.0 Å². The van der Waals surface area contributed by atoms with Crippen molar-refractivity contribution in [1.29, 1.82) is 0 Å². The first-order valence-electron chi connectivity index (χ1n) is 7.06. The lowest BCUT2D eigenvalue weighted by atomic mass is 9.92. The lowest BCUT2D eigenvalue weighted by Crippen LogP contribution is -2.32. The molecule has 1 amide bonds. The second kappa shape index (κ2) is 5.99. The smallest absolute Gasteiger partial charge is 0.261 e. The molecule has 1 saturated carbocycles. The minimum atomic E-state index is 0.0193. The van der Waals surface area contributed by atoms with Crippen molar-refractivity contribution >= 4 is 17.2 Å². The first-order valence-corrected chi connectivity index (χ1v) is 7.88. The summed E-state index contributed by atoms with van der Waals surface area (Å²) in [5.74, 6) is 6.49. The van der Waals surface area contributed by atoms with Crippen LogP contribution in [0.5, 0.6) is 0 Å². The zero-order valence-corrected chi connectivity index (χ0v) is 13.2. The molecule has 0 bridgehead atoms. The van der Waals surface area contributed by atoms with Gasteiger partial charge in [0.2, 0.25) is 0 Å². The van der Waals surface area contributed by atoms with Crippen LogP contribution in [0.15, 0.2) is 6.07 Å². The molecule has 0 saturated heterocycles. The fraction of sp³-hybridized carbons (Fsp3) is 0.562. The van der Waals surface area contributed by atoms with Crippen molar-refractivity contribution in [2.75, 3.05) is 13.1 Å². The van der Waals surface area contributed by atoms with E-state index in [1.807, 2.05) is 13.0 Å². The molecule has 108 valence electrons. The number of nitrogens with two attached hydrogens (primary N) is 1. The third-order valence-electron chi connectivity index (χ3n) is 4.16. The number of hydrogen-bond donors (Lipinski definition) is 2. The van der Waals surface area contributed by atoms with Crippen LogP contribution in [0.3, 0.4) is 0 Å². The van der Waals surface area contributed by atoms with Crippen molar-refractivity contribution in [2.45, 2.75) is 33.6 Å². The number of rotatable bonds is 4. The average Bonchev–Trinajstić information content (AvgIpc) is 3.12. The van der Waals surface area contributed by atoms with E-state index in [-0.39, 0.29) is 5.91 Å². The molecular weight excluding hydrogens is 268 g/mol.